The Morgan fingerprint density at radius 3 is 2.42 bits per heavy atom. The summed E-state index contributed by atoms with van der Waals surface area (Å²) in [6.45, 7) is 1.90. The first-order chi connectivity index (χ1) is 20.7. The van der Waals surface area contributed by atoms with Crippen molar-refractivity contribution >= 4 is 11.1 Å². The molecule has 5 nitrogen and oxygen atoms in total. The van der Waals surface area contributed by atoms with E-state index < -0.39 is 23.7 Å². The van der Waals surface area contributed by atoms with Gasteiger partial charge in [-0.2, -0.15) is 17.6 Å². The van der Waals surface area contributed by atoms with Gasteiger partial charge in [-0.3, -0.25) is 14.2 Å². The number of hydrogen-bond acceptors (Lipinski definition) is 5. The Hall–Kier alpha value is -3.86. The lowest BCUT2D eigenvalue weighted by Crippen LogP contribution is -2.52. The van der Waals surface area contributed by atoms with Crippen LogP contribution in [0.1, 0.15) is 43.2 Å². The largest absolute Gasteiger partial charge is 0.507 e. The van der Waals surface area contributed by atoms with Gasteiger partial charge in [0.1, 0.15) is 11.9 Å². The molecule has 2 heterocycles. The van der Waals surface area contributed by atoms with Crippen LogP contribution >= 0.6 is 0 Å². The molecule has 0 radical (unpaired) electrons. The molecule has 0 spiro atoms. The molecule has 43 heavy (non-hydrogen) atoms. The SMILES string of the molecule is FCCCN1CC[C@H](Oc2ccc(C3=C(c4ccc5c(c4)OC(F)(F)C(F)(F)O5)CCC/C=C/C(OF)=C\C=C3)cc2)C1. The van der Waals surface area contributed by atoms with E-state index in [-0.39, 0.29) is 18.5 Å². The summed E-state index contributed by atoms with van der Waals surface area (Å²) in [6, 6.07) is 11.3. The van der Waals surface area contributed by atoms with Crippen LogP contribution in [-0.2, 0) is 4.94 Å². The quantitative estimate of drug-likeness (QED) is 0.282. The molecule has 0 unspecified atom stereocenters. The highest BCUT2D eigenvalue weighted by Crippen LogP contribution is 2.48. The lowest BCUT2D eigenvalue weighted by atomic mass is 9.90. The van der Waals surface area contributed by atoms with Crippen molar-refractivity contribution in [1.82, 2.24) is 4.90 Å². The first-order valence-electron chi connectivity index (χ1n) is 14.1. The van der Waals surface area contributed by atoms with E-state index in [0.717, 1.165) is 24.1 Å². The van der Waals surface area contributed by atoms with Crippen LogP contribution in [0.4, 0.5) is 26.5 Å². The average molecular weight is 608 g/mol. The molecule has 0 aromatic heterocycles. The molecule has 0 saturated carbocycles. The molecule has 0 bridgehead atoms. The second-order valence-electron chi connectivity index (χ2n) is 10.5. The second kappa shape index (κ2) is 13.2. The smallest absolute Gasteiger partial charge is 0.489 e. The van der Waals surface area contributed by atoms with E-state index >= 15 is 0 Å². The Balaban J connectivity index is 1.48. The van der Waals surface area contributed by atoms with Crippen LogP contribution in [-0.4, -0.2) is 49.5 Å². The highest BCUT2D eigenvalue weighted by Gasteiger charge is 2.65. The van der Waals surface area contributed by atoms with E-state index in [4.69, 9.17) is 4.74 Å². The lowest BCUT2D eigenvalue weighted by Gasteiger charge is -2.32. The molecule has 0 N–H and O–H groups in total. The maximum absolute atomic E-state index is 14.0. The van der Waals surface area contributed by atoms with E-state index in [0.29, 0.717) is 55.7 Å². The summed E-state index contributed by atoms with van der Waals surface area (Å²) in [5.41, 5.74) is 2.64. The van der Waals surface area contributed by atoms with Crippen LogP contribution in [0, 0.1) is 0 Å². The van der Waals surface area contributed by atoms with Crippen LogP contribution in [0.25, 0.3) is 11.1 Å². The third kappa shape index (κ3) is 7.21. The van der Waals surface area contributed by atoms with Crippen LogP contribution in [0.3, 0.4) is 0 Å². The van der Waals surface area contributed by atoms with E-state index in [1.54, 1.807) is 18.2 Å². The number of nitrogens with zero attached hydrogens (tertiary/aromatic N) is 1. The summed E-state index contributed by atoms with van der Waals surface area (Å²) in [5, 5.41) is 0. The van der Waals surface area contributed by atoms with Crippen molar-refractivity contribution in [3.63, 3.8) is 0 Å². The fourth-order valence-corrected chi connectivity index (χ4v) is 5.29. The predicted octanol–water partition coefficient (Wildman–Crippen LogP) is 8.45. The van der Waals surface area contributed by atoms with Crippen LogP contribution in [0.5, 0.6) is 17.2 Å². The van der Waals surface area contributed by atoms with Gasteiger partial charge in [0.05, 0.1) is 6.67 Å². The summed E-state index contributed by atoms with van der Waals surface area (Å²) in [5.74, 6) is -0.348. The number of fused-ring (bicyclic) bond motifs is 1. The third-order valence-electron chi connectivity index (χ3n) is 7.43. The predicted molar refractivity (Wildman–Crippen MR) is 149 cm³/mol. The number of alkyl halides is 5. The zero-order valence-corrected chi connectivity index (χ0v) is 23.2. The number of benzene rings is 2. The minimum absolute atomic E-state index is 0.00223. The molecule has 2 aromatic rings. The highest BCUT2D eigenvalue weighted by atomic mass is 19.3. The van der Waals surface area contributed by atoms with Crippen LogP contribution in [0.15, 0.2) is 78.6 Å². The van der Waals surface area contributed by atoms with Crippen molar-refractivity contribution < 1.29 is 45.6 Å². The molecule has 1 aliphatic carbocycles. The van der Waals surface area contributed by atoms with Crippen LogP contribution < -0.4 is 14.2 Å². The van der Waals surface area contributed by atoms with Gasteiger partial charge in [0.2, 0.25) is 0 Å². The number of allylic oxidation sites excluding steroid dienone is 7. The molecule has 3 aliphatic rings. The third-order valence-corrected chi connectivity index (χ3v) is 7.43. The summed E-state index contributed by atoms with van der Waals surface area (Å²) in [6.07, 6.45) is 1.33. The standard InChI is InChI=1S/C32H31F6NO4/c33-17-5-18-39-19-16-26(21-39)40-24-13-10-22(11-14-24)27-9-4-7-25(43-38)6-2-1-3-8-28(27)23-12-15-29-30(20-23)42-32(36,37)31(34,35)41-29/h2,4,6-7,9-15,20,26H,1,3,5,8,16-19,21H2/b6-2+,9-4?,25-7+,28-27?/t26-/m0/s1. The zero-order valence-electron chi connectivity index (χ0n) is 23.2. The normalized spacial score (nSPS) is 23.7. The molecular formula is C32H31F6NO4. The molecule has 230 valence electrons. The van der Waals surface area contributed by atoms with Gasteiger partial charge in [-0.25, -0.2) is 0 Å². The topological polar surface area (TPSA) is 40.2 Å². The van der Waals surface area contributed by atoms with E-state index in [1.807, 2.05) is 24.3 Å². The lowest BCUT2D eigenvalue weighted by molar-refractivity contribution is -0.391. The van der Waals surface area contributed by atoms with Gasteiger partial charge < -0.3 is 14.2 Å². The van der Waals surface area contributed by atoms with Gasteiger partial charge in [0, 0.05) is 24.2 Å². The Morgan fingerprint density at radius 1 is 0.930 bits per heavy atom. The minimum atomic E-state index is -4.85. The highest BCUT2D eigenvalue weighted by molar-refractivity contribution is 5.96. The summed E-state index contributed by atoms with van der Waals surface area (Å²) in [7, 11) is 0. The molecule has 1 saturated heterocycles. The Bertz CT molecular complexity index is 1400. The maximum atomic E-state index is 14.0. The molecule has 0 amide bonds. The molecule has 1 fully saturated rings. The van der Waals surface area contributed by atoms with Crippen LogP contribution in [0.2, 0.25) is 0 Å². The molecule has 5 rings (SSSR count). The number of likely N-dealkylation sites (tertiary alicyclic amines) is 1. The number of ether oxygens (including phenoxy) is 3. The van der Waals surface area contributed by atoms with Gasteiger partial charge in [-0.1, -0.05) is 36.4 Å². The van der Waals surface area contributed by atoms with Crippen molar-refractivity contribution in [1.29, 1.82) is 0 Å². The minimum Gasteiger partial charge on any atom is -0.489 e. The molecule has 2 aliphatic heterocycles. The van der Waals surface area contributed by atoms with Crippen molar-refractivity contribution in [2.75, 3.05) is 26.3 Å². The van der Waals surface area contributed by atoms with Crippen molar-refractivity contribution in [2.45, 2.75) is 50.4 Å². The van der Waals surface area contributed by atoms with Gasteiger partial charge in [-0.15, -0.1) is 0 Å². The Kier molecular flexibility index (Phi) is 9.39. The fraction of sp³-hybridized carbons (Fsp3) is 0.375. The second-order valence-corrected chi connectivity index (χ2v) is 10.5. The van der Waals surface area contributed by atoms with Crippen molar-refractivity contribution in [2.24, 2.45) is 0 Å². The monoisotopic (exact) mass is 607 g/mol. The summed E-state index contributed by atoms with van der Waals surface area (Å²) >= 11 is 0. The van der Waals surface area contributed by atoms with Gasteiger partial charge in [0.15, 0.2) is 17.3 Å². The van der Waals surface area contributed by atoms with Gasteiger partial charge >= 0.3 is 12.2 Å². The Labute approximate surface area is 245 Å². The average Bonchev–Trinajstić information content (AvgIpc) is 3.41. The first kappa shape index (κ1) is 30.6. The van der Waals surface area contributed by atoms with Crippen molar-refractivity contribution in [3.05, 3.63) is 89.7 Å². The maximum Gasteiger partial charge on any atom is 0.507 e. The van der Waals surface area contributed by atoms with Gasteiger partial charge in [0.25, 0.3) is 0 Å². The number of halogens is 6. The molecular weight excluding hydrogens is 576 g/mol. The number of rotatable bonds is 8. The number of hydrogen-bond donors (Lipinski definition) is 0. The first-order valence-corrected chi connectivity index (χ1v) is 14.1. The zero-order chi connectivity index (χ0) is 30.5. The van der Waals surface area contributed by atoms with E-state index in [9.17, 15) is 26.5 Å². The summed E-state index contributed by atoms with van der Waals surface area (Å²) < 4.78 is 95.7. The molecule has 2 aromatic carbocycles. The van der Waals surface area contributed by atoms with E-state index in [1.165, 1.54) is 30.4 Å². The fourth-order valence-electron chi connectivity index (χ4n) is 5.29. The Morgan fingerprint density at radius 2 is 1.67 bits per heavy atom. The van der Waals surface area contributed by atoms with Gasteiger partial charge in [-0.05, 0) is 90.8 Å². The van der Waals surface area contributed by atoms with E-state index in [2.05, 4.69) is 19.3 Å². The van der Waals surface area contributed by atoms with Crippen molar-refractivity contribution in [3.8, 4) is 17.2 Å². The molecule has 1 atom stereocenters. The summed E-state index contributed by atoms with van der Waals surface area (Å²) in [4.78, 5) is 6.10. The molecule has 11 heteroatoms.